The fourth-order valence-electron chi connectivity index (χ4n) is 5.07. The van der Waals surface area contributed by atoms with E-state index in [2.05, 4.69) is 46.3 Å². The minimum atomic E-state index is 0.314. The van der Waals surface area contributed by atoms with Crippen LogP contribution >= 0.6 is 0 Å². The third-order valence-electron chi connectivity index (χ3n) is 6.97. The first-order valence-corrected chi connectivity index (χ1v) is 12.9. The molecule has 0 spiro atoms. The van der Waals surface area contributed by atoms with Gasteiger partial charge in [-0.15, -0.1) is 0 Å². The summed E-state index contributed by atoms with van der Waals surface area (Å²) in [6.07, 6.45) is 8.74. The first-order chi connectivity index (χ1) is 15.8. The van der Waals surface area contributed by atoms with Crippen LogP contribution in [0.15, 0.2) is 29.3 Å². The molecule has 3 aliphatic heterocycles. The number of nitrogens with zero attached hydrogens (tertiary/aromatic N) is 3. The maximum Gasteiger partial charge on any atom is 0.193 e. The van der Waals surface area contributed by atoms with Crippen LogP contribution in [-0.2, 0) is 22.4 Å². The minimum Gasteiger partial charge on any atom is -0.376 e. The SMILES string of the molecule is CCNC(=NCCCN1CCc2ccccc2C1)N1CCC(OCC2CCCCO2)CC1. The zero-order chi connectivity index (χ0) is 22.0. The largest absolute Gasteiger partial charge is 0.376 e. The third kappa shape index (κ3) is 6.93. The third-order valence-corrected chi connectivity index (χ3v) is 6.97. The molecule has 4 rings (SSSR count). The number of guanidine groups is 1. The van der Waals surface area contributed by atoms with E-state index in [1.54, 1.807) is 0 Å². The van der Waals surface area contributed by atoms with Crippen LogP contribution < -0.4 is 5.32 Å². The molecule has 0 bridgehead atoms. The van der Waals surface area contributed by atoms with E-state index in [1.807, 2.05) is 0 Å². The van der Waals surface area contributed by atoms with Gasteiger partial charge in [0.05, 0.1) is 18.8 Å². The Morgan fingerprint density at radius 2 is 1.97 bits per heavy atom. The van der Waals surface area contributed by atoms with Crippen molar-refractivity contribution in [3.63, 3.8) is 0 Å². The number of likely N-dealkylation sites (tertiary alicyclic amines) is 1. The number of benzene rings is 1. The van der Waals surface area contributed by atoms with E-state index in [-0.39, 0.29) is 0 Å². The van der Waals surface area contributed by atoms with Crippen molar-refractivity contribution in [1.29, 1.82) is 0 Å². The van der Waals surface area contributed by atoms with Gasteiger partial charge in [-0.25, -0.2) is 0 Å². The lowest BCUT2D eigenvalue weighted by atomic mass is 10.00. The van der Waals surface area contributed by atoms with Gasteiger partial charge in [-0.1, -0.05) is 24.3 Å². The van der Waals surface area contributed by atoms with E-state index in [0.717, 1.165) is 84.1 Å². The minimum absolute atomic E-state index is 0.314. The molecule has 2 fully saturated rings. The quantitative estimate of drug-likeness (QED) is 0.380. The summed E-state index contributed by atoms with van der Waals surface area (Å²) in [5.41, 5.74) is 3.02. The van der Waals surface area contributed by atoms with Crippen LogP contribution in [0.2, 0.25) is 0 Å². The number of rotatable bonds is 8. The average Bonchev–Trinajstić information content (AvgIpc) is 2.85. The summed E-state index contributed by atoms with van der Waals surface area (Å²) in [5.74, 6) is 1.07. The topological polar surface area (TPSA) is 49.3 Å². The van der Waals surface area contributed by atoms with Crippen LogP contribution in [0.4, 0.5) is 0 Å². The fraction of sp³-hybridized carbons (Fsp3) is 0.731. The van der Waals surface area contributed by atoms with Crippen LogP contribution in [0, 0.1) is 0 Å². The second kappa shape index (κ2) is 12.6. The van der Waals surface area contributed by atoms with Gasteiger partial charge in [0.15, 0.2) is 5.96 Å². The van der Waals surface area contributed by atoms with Crippen LogP contribution in [-0.4, -0.2) is 80.4 Å². The average molecular weight is 443 g/mol. The fourth-order valence-corrected chi connectivity index (χ4v) is 5.07. The second-order valence-electron chi connectivity index (χ2n) is 9.39. The van der Waals surface area contributed by atoms with Crippen LogP contribution in [0.3, 0.4) is 0 Å². The van der Waals surface area contributed by atoms with E-state index in [9.17, 15) is 0 Å². The molecule has 0 aromatic heterocycles. The van der Waals surface area contributed by atoms with Gasteiger partial charge in [0, 0.05) is 52.4 Å². The summed E-state index contributed by atoms with van der Waals surface area (Å²) in [5, 5.41) is 3.50. The van der Waals surface area contributed by atoms with Crippen molar-refractivity contribution in [3.05, 3.63) is 35.4 Å². The maximum absolute atomic E-state index is 6.18. The number of fused-ring (bicyclic) bond motifs is 1. The van der Waals surface area contributed by atoms with Gasteiger partial charge in [-0.2, -0.15) is 0 Å². The van der Waals surface area contributed by atoms with Crippen LogP contribution in [0.5, 0.6) is 0 Å². The van der Waals surface area contributed by atoms with Gasteiger partial charge in [0.25, 0.3) is 0 Å². The molecule has 1 N–H and O–H groups in total. The summed E-state index contributed by atoms with van der Waals surface area (Å²) in [7, 11) is 0. The lowest BCUT2D eigenvalue weighted by Gasteiger charge is -2.35. The zero-order valence-electron chi connectivity index (χ0n) is 19.9. The Kier molecular flexibility index (Phi) is 9.24. The number of hydrogen-bond donors (Lipinski definition) is 1. The van der Waals surface area contributed by atoms with E-state index >= 15 is 0 Å². The van der Waals surface area contributed by atoms with Gasteiger partial charge in [-0.3, -0.25) is 9.89 Å². The molecule has 3 aliphatic rings. The molecule has 1 unspecified atom stereocenters. The first kappa shape index (κ1) is 23.5. The smallest absolute Gasteiger partial charge is 0.193 e. The molecule has 1 aromatic rings. The second-order valence-corrected chi connectivity index (χ2v) is 9.39. The van der Waals surface area contributed by atoms with Gasteiger partial charge in [0.2, 0.25) is 0 Å². The van der Waals surface area contributed by atoms with Crippen molar-refractivity contribution in [3.8, 4) is 0 Å². The Balaban J connectivity index is 1.16. The Labute approximate surface area is 194 Å². The lowest BCUT2D eigenvalue weighted by molar-refractivity contribution is -0.0721. The highest BCUT2D eigenvalue weighted by Gasteiger charge is 2.24. The van der Waals surface area contributed by atoms with Crippen molar-refractivity contribution in [2.24, 2.45) is 4.99 Å². The van der Waals surface area contributed by atoms with Crippen LogP contribution in [0.1, 0.15) is 56.6 Å². The molecule has 6 nitrogen and oxygen atoms in total. The highest BCUT2D eigenvalue weighted by atomic mass is 16.5. The summed E-state index contributed by atoms with van der Waals surface area (Å²) >= 11 is 0. The lowest BCUT2D eigenvalue weighted by Crippen LogP contribution is -2.47. The zero-order valence-corrected chi connectivity index (χ0v) is 19.9. The molecular formula is C26H42N4O2. The molecule has 178 valence electrons. The molecule has 1 aromatic carbocycles. The first-order valence-electron chi connectivity index (χ1n) is 12.9. The molecule has 3 heterocycles. The van der Waals surface area contributed by atoms with Crippen molar-refractivity contribution < 1.29 is 9.47 Å². The number of ether oxygens (including phenoxy) is 2. The molecule has 0 radical (unpaired) electrons. The summed E-state index contributed by atoms with van der Waals surface area (Å²) in [6.45, 7) is 11.0. The predicted octanol–water partition coefficient (Wildman–Crippen LogP) is 3.45. The van der Waals surface area contributed by atoms with E-state index in [0.29, 0.717) is 12.2 Å². The number of hydrogen-bond acceptors (Lipinski definition) is 4. The molecule has 0 amide bonds. The molecule has 6 heteroatoms. The van der Waals surface area contributed by atoms with Crippen LogP contribution in [0.25, 0.3) is 0 Å². The summed E-state index contributed by atoms with van der Waals surface area (Å²) in [4.78, 5) is 9.94. The summed E-state index contributed by atoms with van der Waals surface area (Å²) < 4.78 is 12.0. The summed E-state index contributed by atoms with van der Waals surface area (Å²) in [6, 6.07) is 8.87. The van der Waals surface area contributed by atoms with Gasteiger partial charge in [0.1, 0.15) is 0 Å². The van der Waals surface area contributed by atoms with E-state index < -0.39 is 0 Å². The molecule has 0 aliphatic carbocycles. The standard InChI is InChI=1S/C26H42N4O2/c1-2-27-26(28-14-7-15-29-16-11-22-8-3-4-9-23(22)20-29)30-17-12-24(13-18-30)32-21-25-10-5-6-19-31-25/h3-4,8-9,24-25H,2,5-7,10-21H2,1H3,(H,27,28). The monoisotopic (exact) mass is 442 g/mol. The molecular weight excluding hydrogens is 400 g/mol. The molecule has 2 saturated heterocycles. The van der Waals surface area contributed by atoms with E-state index in [1.165, 1.54) is 36.9 Å². The highest BCUT2D eigenvalue weighted by Crippen LogP contribution is 2.19. The molecule has 0 saturated carbocycles. The van der Waals surface area contributed by atoms with Gasteiger partial charge >= 0.3 is 0 Å². The van der Waals surface area contributed by atoms with Crippen molar-refractivity contribution in [2.45, 2.75) is 70.6 Å². The van der Waals surface area contributed by atoms with Gasteiger partial charge in [-0.05, 0) is 63.0 Å². The van der Waals surface area contributed by atoms with Crippen molar-refractivity contribution in [1.82, 2.24) is 15.1 Å². The Hall–Kier alpha value is -1.63. The van der Waals surface area contributed by atoms with E-state index in [4.69, 9.17) is 14.5 Å². The van der Waals surface area contributed by atoms with Gasteiger partial charge < -0.3 is 19.7 Å². The Bertz CT molecular complexity index is 712. The Morgan fingerprint density at radius 1 is 1.12 bits per heavy atom. The molecule has 1 atom stereocenters. The number of nitrogens with one attached hydrogen (secondary N) is 1. The van der Waals surface area contributed by atoms with Crippen molar-refractivity contribution >= 4 is 5.96 Å². The predicted molar refractivity (Wildman–Crippen MR) is 130 cm³/mol. The normalized spacial score (nSPS) is 23.2. The maximum atomic E-state index is 6.18. The highest BCUT2D eigenvalue weighted by molar-refractivity contribution is 5.80. The number of piperidine rings is 1. The number of aliphatic imine (C=N–C) groups is 1. The molecule has 32 heavy (non-hydrogen) atoms. The van der Waals surface area contributed by atoms with Crippen molar-refractivity contribution in [2.75, 3.05) is 52.5 Å². The Morgan fingerprint density at radius 3 is 2.75 bits per heavy atom.